The van der Waals surface area contributed by atoms with E-state index < -0.39 is 0 Å². The van der Waals surface area contributed by atoms with Gasteiger partial charge in [-0.25, -0.2) is 9.37 Å². The summed E-state index contributed by atoms with van der Waals surface area (Å²) < 4.78 is 14.9. The molecule has 2 aromatic carbocycles. The lowest BCUT2D eigenvalue weighted by Crippen LogP contribution is -2.27. The van der Waals surface area contributed by atoms with E-state index in [4.69, 9.17) is 0 Å². The summed E-state index contributed by atoms with van der Waals surface area (Å²) in [6.45, 7) is 0.529. The van der Waals surface area contributed by atoms with Crippen molar-refractivity contribution in [2.24, 2.45) is 7.05 Å². The first-order valence-electron chi connectivity index (χ1n) is 8.34. The Morgan fingerprint density at radius 1 is 1.15 bits per heavy atom. The van der Waals surface area contributed by atoms with Gasteiger partial charge in [0.1, 0.15) is 5.82 Å². The maximum absolute atomic E-state index is 12.9. The first kappa shape index (κ1) is 18.2. The molecule has 0 fully saturated rings. The van der Waals surface area contributed by atoms with Crippen LogP contribution in [0.1, 0.15) is 5.56 Å². The lowest BCUT2D eigenvalue weighted by Gasteiger charge is -2.07. The summed E-state index contributed by atoms with van der Waals surface area (Å²) in [7, 11) is 1.95. The molecule has 26 heavy (non-hydrogen) atoms. The van der Waals surface area contributed by atoms with Gasteiger partial charge < -0.3 is 9.88 Å². The number of carbonyl (C=O) groups excluding carboxylic acids is 1. The zero-order chi connectivity index (χ0) is 18.4. The van der Waals surface area contributed by atoms with Crippen molar-refractivity contribution in [1.82, 2.24) is 14.9 Å². The van der Waals surface area contributed by atoms with Crippen molar-refractivity contribution in [2.75, 3.05) is 12.3 Å². The summed E-state index contributed by atoms with van der Waals surface area (Å²) in [5.41, 5.74) is 3.11. The molecule has 1 N–H and O–H groups in total. The summed E-state index contributed by atoms with van der Waals surface area (Å²) in [4.78, 5) is 16.4. The van der Waals surface area contributed by atoms with Gasteiger partial charge in [-0.15, -0.1) is 0 Å². The van der Waals surface area contributed by atoms with Gasteiger partial charge in [-0.1, -0.05) is 54.2 Å². The molecule has 1 heterocycles. The largest absolute Gasteiger partial charge is 0.355 e. The Morgan fingerprint density at radius 2 is 1.88 bits per heavy atom. The Balaban J connectivity index is 1.47. The monoisotopic (exact) mass is 369 g/mol. The minimum absolute atomic E-state index is 0.0404. The van der Waals surface area contributed by atoms with E-state index in [0.717, 1.165) is 22.0 Å². The predicted octanol–water partition coefficient (Wildman–Crippen LogP) is 3.68. The molecule has 0 unspecified atom stereocenters. The molecule has 0 spiro atoms. The van der Waals surface area contributed by atoms with Crippen LogP contribution in [0.25, 0.3) is 11.3 Å². The minimum atomic E-state index is -0.251. The molecule has 3 aromatic rings. The van der Waals surface area contributed by atoms with Gasteiger partial charge in [-0.05, 0) is 29.7 Å². The molecule has 1 aromatic heterocycles. The van der Waals surface area contributed by atoms with Gasteiger partial charge in [0.15, 0.2) is 5.16 Å². The second kappa shape index (κ2) is 8.67. The van der Waals surface area contributed by atoms with E-state index in [2.05, 4.69) is 10.3 Å². The molecule has 6 heteroatoms. The fourth-order valence-corrected chi connectivity index (χ4v) is 3.36. The van der Waals surface area contributed by atoms with E-state index in [0.29, 0.717) is 18.7 Å². The van der Waals surface area contributed by atoms with Crippen LogP contribution in [0, 0.1) is 5.82 Å². The molecule has 0 saturated heterocycles. The molecule has 0 saturated carbocycles. The zero-order valence-electron chi connectivity index (χ0n) is 14.5. The summed E-state index contributed by atoms with van der Waals surface area (Å²) in [5, 5.41) is 3.69. The van der Waals surface area contributed by atoms with Crippen molar-refractivity contribution in [3.63, 3.8) is 0 Å². The van der Waals surface area contributed by atoms with Gasteiger partial charge in [-0.2, -0.15) is 0 Å². The van der Waals surface area contributed by atoms with Crippen molar-refractivity contribution in [3.8, 4) is 11.3 Å². The van der Waals surface area contributed by atoms with E-state index in [1.807, 2.05) is 48.1 Å². The van der Waals surface area contributed by atoms with Crippen LogP contribution in [0.4, 0.5) is 4.39 Å². The van der Waals surface area contributed by atoms with Gasteiger partial charge in [0, 0.05) is 13.6 Å². The quantitative estimate of drug-likeness (QED) is 0.646. The third-order valence-electron chi connectivity index (χ3n) is 4.00. The molecule has 4 nitrogen and oxygen atoms in total. The Labute approximate surface area is 156 Å². The number of hydrogen-bond donors (Lipinski definition) is 1. The van der Waals surface area contributed by atoms with Crippen LogP contribution in [-0.2, 0) is 18.3 Å². The highest BCUT2D eigenvalue weighted by Gasteiger charge is 2.10. The smallest absolute Gasteiger partial charge is 0.230 e. The molecular formula is C20H20FN3OS. The SMILES string of the molecule is Cn1c(-c2ccccc2)cnc1SCC(=O)NCCc1ccc(F)cc1. The molecule has 134 valence electrons. The molecule has 0 bridgehead atoms. The molecule has 1 amide bonds. The molecule has 0 aliphatic carbocycles. The van der Waals surface area contributed by atoms with Crippen molar-refractivity contribution in [2.45, 2.75) is 11.6 Å². The first-order chi connectivity index (χ1) is 12.6. The Bertz CT molecular complexity index is 863. The first-order valence-corrected chi connectivity index (χ1v) is 9.33. The molecule has 0 aliphatic heterocycles. The number of rotatable bonds is 7. The number of aromatic nitrogens is 2. The molecule has 0 atom stereocenters. The maximum Gasteiger partial charge on any atom is 0.230 e. The standard InChI is InChI=1S/C20H20FN3OS/c1-24-18(16-5-3-2-4-6-16)13-23-20(24)26-14-19(25)22-12-11-15-7-9-17(21)10-8-15/h2-10,13H,11-12,14H2,1H3,(H,22,25). The topological polar surface area (TPSA) is 46.9 Å². The van der Waals surface area contributed by atoms with E-state index in [1.165, 1.54) is 23.9 Å². The molecular weight excluding hydrogens is 349 g/mol. The number of benzene rings is 2. The van der Waals surface area contributed by atoms with Gasteiger partial charge >= 0.3 is 0 Å². The van der Waals surface area contributed by atoms with E-state index in [9.17, 15) is 9.18 Å². The lowest BCUT2D eigenvalue weighted by atomic mass is 10.1. The summed E-state index contributed by atoms with van der Waals surface area (Å²) in [5.74, 6) is 0.0168. The van der Waals surface area contributed by atoms with Crippen LogP contribution in [0.2, 0.25) is 0 Å². The average molecular weight is 369 g/mol. The van der Waals surface area contributed by atoms with Crippen molar-refractivity contribution in [1.29, 1.82) is 0 Å². The van der Waals surface area contributed by atoms with Crippen LogP contribution in [0.3, 0.4) is 0 Å². The predicted molar refractivity (Wildman–Crippen MR) is 102 cm³/mol. The summed E-state index contributed by atoms with van der Waals surface area (Å²) >= 11 is 1.41. The second-order valence-corrected chi connectivity index (χ2v) is 6.81. The highest BCUT2D eigenvalue weighted by atomic mass is 32.2. The number of thioether (sulfide) groups is 1. The third-order valence-corrected chi connectivity index (χ3v) is 5.04. The minimum Gasteiger partial charge on any atom is -0.355 e. The molecule has 3 rings (SSSR count). The van der Waals surface area contributed by atoms with Crippen LogP contribution >= 0.6 is 11.8 Å². The van der Waals surface area contributed by atoms with E-state index in [-0.39, 0.29) is 11.7 Å². The number of halogens is 1. The normalized spacial score (nSPS) is 10.7. The highest BCUT2D eigenvalue weighted by molar-refractivity contribution is 7.99. The fourth-order valence-electron chi connectivity index (χ4n) is 2.58. The number of hydrogen-bond acceptors (Lipinski definition) is 3. The highest BCUT2D eigenvalue weighted by Crippen LogP contribution is 2.24. The van der Waals surface area contributed by atoms with Crippen molar-refractivity contribution in [3.05, 3.63) is 72.2 Å². The lowest BCUT2D eigenvalue weighted by molar-refractivity contribution is -0.118. The third kappa shape index (κ3) is 4.73. The van der Waals surface area contributed by atoms with Crippen LogP contribution < -0.4 is 5.32 Å². The molecule has 0 aliphatic rings. The number of imidazole rings is 1. The fraction of sp³-hybridized carbons (Fsp3) is 0.200. The van der Waals surface area contributed by atoms with Crippen LogP contribution in [0.15, 0.2) is 66.0 Å². The van der Waals surface area contributed by atoms with E-state index in [1.54, 1.807) is 12.1 Å². The number of carbonyl (C=O) groups is 1. The Morgan fingerprint density at radius 3 is 2.62 bits per heavy atom. The number of nitrogens with one attached hydrogen (secondary N) is 1. The number of amides is 1. The maximum atomic E-state index is 12.9. The Kier molecular flexibility index (Phi) is 6.07. The molecule has 0 radical (unpaired) electrons. The summed E-state index contributed by atoms with van der Waals surface area (Å²) in [6, 6.07) is 16.3. The Hall–Kier alpha value is -2.60. The second-order valence-electron chi connectivity index (χ2n) is 5.87. The summed E-state index contributed by atoms with van der Waals surface area (Å²) in [6.07, 6.45) is 2.50. The average Bonchev–Trinajstić information content (AvgIpc) is 3.03. The van der Waals surface area contributed by atoms with E-state index >= 15 is 0 Å². The van der Waals surface area contributed by atoms with Crippen molar-refractivity contribution < 1.29 is 9.18 Å². The van der Waals surface area contributed by atoms with Crippen LogP contribution in [0.5, 0.6) is 0 Å². The van der Waals surface area contributed by atoms with Gasteiger partial charge in [0.05, 0.1) is 17.6 Å². The van der Waals surface area contributed by atoms with Gasteiger partial charge in [-0.3, -0.25) is 4.79 Å². The van der Waals surface area contributed by atoms with Crippen molar-refractivity contribution >= 4 is 17.7 Å². The number of nitrogens with zero attached hydrogens (tertiary/aromatic N) is 2. The zero-order valence-corrected chi connectivity index (χ0v) is 15.3. The van der Waals surface area contributed by atoms with Crippen LogP contribution in [-0.4, -0.2) is 27.8 Å². The van der Waals surface area contributed by atoms with Gasteiger partial charge in [0.2, 0.25) is 5.91 Å². The van der Waals surface area contributed by atoms with Gasteiger partial charge in [0.25, 0.3) is 0 Å².